The van der Waals surface area contributed by atoms with E-state index < -0.39 is 0 Å². The summed E-state index contributed by atoms with van der Waals surface area (Å²) < 4.78 is 5.67. The maximum atomic E-state index is 6.04. The Balaban J connectivity index is 0.00000441. The van der Waals surface area contributed by atoms with E-state index in [1.165, 1.54) is 12.8 Å². The van der Waals surface area contributed by atoms with Gasteiger partial charge in [0.2, 0.25) is 0 Å². The number of nitrogens with one attached hydrogen (secondary N) is 1. The fourth-order valence-corrected chi connectivity index (χ4v) is 3.37. The Morgan fingerprint density at radius 2 is 1.91 bits per heavy atom. The summed E-state index contributed by atoms with van der Waals surface area (Å²) in [7, 11) is 0. The molecular weight excluding hydrogens is 409 g/mol. The molecule has 0 aliphatic carbocycles. The lowest BCUT2D eigenvalue weighted by molar-refractivity contribution is 0.0794. The van der Waals surface area contributed by atoms with Gasteiger partial charge < -0.3 is 15.8 Å². The second-order valence-electron chi connectivity index (χ2n) is 6.57. The molecule has 0 amide bonds. The molecule has 4 nitrogen and oxygen atoms in total. The van der Waals surface area contributed by atoms with Gasteiger partial charge in [-0.25, -0.2) is 0 Å². The molecule has 0 saturated carbocycles. The van der Waals surface area contributed by atoms with E-state index in [2.05, 4.69) is 37.3 Å². The highest BCUT2D eigenvalue weighted by atomic mass is 127. The zero-order valence-corrected chi connectivity index (χ0v) is 17.7. The highest BCUT2D eigenvalue weighted by Crippen LogP contribution is 2.33. The van der Waals surface area contributed by atoms with Gasteiger partial charge in [-0.3, -0.25) is 4.99 Å². The average Bonchev–Trinajstić information content (AvgIpc) is 2.46. The van der Waals surface area contributed by atoms with E-state index in [-0.39, 0.29) is 28.7 Å². The van der Waals surface area contributed by atoms with Crippen molar-refractivity contribution in [3.63, 3.8) is 0 Å². The smallest absolute Gasteiger partial charge is 0.188 e. The van der Waals surface area contributed by atoms with Crippen LogP contribution in [0.4, 0.5) is 0 Å². The van der Waals surface area contributed by atoms with Crippen molar-refractivity contribution in [1.29, 1.82) is 0 Å². The molecule has 1 saturated heterocycles. The first kappa shape index (κ1) is 22.3. The maximum absolute atomic E-state index is 6.04. The molecule has 1 unspecified atom stereocenters. The number of nitrogens with zero attached hydrogens (tertiary/aromatic N) is 1. The van der Waals surface area contributed by atoms with Crippen LogP contribution in [-0.2, 0) is 4.74 Å². The van der Waals surface area contributed by atoms with Crippen molar-refractivity contribution < 1.29 is 4.74 Å². The lowest BCUT2D eigenvalue weighted by Gasteiger charge is -2.34. The topological polar surface area (TPSA) is 59.6 Å². The van der Waals surface area contributed by atoms with Crippen molar-refractivity contribution in [1.82, 2.24) is 5.32 Å². The molecule has 0 aromatic carbocycles. The fourth-order valence-electron chi connectivity index (χ4n) is 2.60. The first-order chi connectivity index (χ1) is 9.97. The van der Waals surface area contributed by atoms with Gasteiger partial charge in [0.25, 0.3) is 0 Å². The molecule has 1 fully saturated rings. The lowest BCUT2D eigenvalue weighted by Crippen LogP contribution is -2.41. The largest absolute Gasteiger partial charge is 0.381 e. The minimum absolute atomic E-state index is 0. The van der Waals surface area contributed by atoms with Crippen LogP contribution in [0, 0.1) is 5.92 Å². The van der Waals surface area contributed by atoms with Crippen LogP contribution in [0.1, 0.15) is 52.9 Å². The molecule has 132 valence electrons. The SMILES string of the molecule is CSC1(CN=C(N)NC(C)CCCC(C)C)CCOCC1.I. The van der Waals surface area contributed by atoms with Gasteiger partial charge in [-0.05, 0) is 38.4 Å². The van der Waals surface area contributed by atoms with Crippen LogP contribution in [0.3, 0.4) is 0 Å². The van der Waals surface area contributed by atoms with Gasteiger partial charge in [0.1, 0.15) is 0 Å². The number of rotatable bonds is 8. The second kappa shape index (κ2) is 11.8. The van der Waals surface area contributed by atoms with Gasteiger partial charge in [0.05, 0.1) is 6.54 Å². The molecule has 22 heavy (non-hydrogen) atoms. The van der Waals surface area contributed by atoms with E-state index in [0.29, 0.717) is 12.0 Å². The third-order valence-corrected chi connectivity index (χ3v) is 5.59. The molecule has 1 heterocycles. The molecule has 6 heteroatoms. The van der Waals surface area contributed by atoms with E-state index in [9.17, 15) is 0 Å². The van der Waals surface area contributed by atoms with Gasteiger partial charge in [-0.1, -0.05) is 26.7 Å². The number of hydrogen-bond donors (Lipinski definition) is 2. The van der Waals surface area contributed by atoms with Crippen molar-refractivity contribution in [3.05, 3.63) is 0 Å². The minimum Gasteiger partial charge on any atom is -0.381 e. The van der Waals surface area contributed by atoms with E-state index >= 15 is 0 Å². The van der Waals surface area contributed by atoms with Crippen LogP contribution >= 0.6 is 35.7 Å². The Kier molecular flexibility index (Phi) is 12.0. The first-order valence-corrected chi connectivity index (χ1v) is 9.39. The molecule has 0 spiro atoms. The molecular formula is C16H34IN3OS. The molecule has 1 rings (SSSR count). The summed E-state index contributed by atoms with van der Waals surface area (Å²) in [6, 6.07) is 0.396. The molecule has 3 N–H and O–H groups in total. The Morgan fingerprint density at radius 3 is 2.45 bits per heavy atom. The highest BCUT2D eigenvalue weighted by Gasteiger charge is 2.31. The number of ether oxygens (including phenoxy) is 1. The molecule has 0 radical (unpaired) electrons. The molecule has 1 aliphatic rings. The standard InChI is InChI=1S/C16H33N3OS.HI/c1-13(2)6-5-7-14(3)19-15(17)18-12-16(21-4)8-10-20-11-9-16;/h13-14H,5-12H2,1-4H3,(H3,17,18,19);1H. The zero-order valence-electron chi connectivity index (χ0n) is 14.6. The monoisotopic (exact) mass is 443 g/mol. The van der Waals surface area contributed by atoms with E-state index in [0.717, 1.165) is 44.9 Å². The van der Waals surface area contributed by atoms with Crippen LogP contribution in [0.25, 0.3) is 0 Å². The highest BCUT2D eigenvalue weighted by molar-refractivity contribution is 14.0. The van der Waals surface area contributed by atoms with Crippen LogP contribution < -0.4 is 11.1 Å². The summed E-state index contributed by atoms with van der Waals surface area (Å²) in [5.74, 6) is 1.37. The van der Waals surface area contributed by atoms with Crippen LogP contribution in [0.2, 0.25) is 0 Å². The van der Waals surface area contributed by atoms with Crippen LogP contribution in [0.15, 0.2) is 4.99 Å². The van der Waals surface area contributed by atoms with Crippen molar-refractivity contribution in [2.75, 3.05) is 26.0 Å². The summed E-state index contributed by atoms with van der Waals surface area (Å²) in [5, 5.41) is 3.32. The lowest BCUT2D eigenvalue weighted by atomic mass is 9.99. The zero-order chi connectivity index (χ0) is 15.7. The van der Waals surface area contributed by atoms with Crippen molar-refractivity contribution >= 4 is 41.7 Å². The van der Waals surface area contributed by atoms with E-state index in [4.69, 9.17) is 10.5 Å². The molecule has 0 bridgehead atoms. The summed E-state index contributed by atoms with van der Waals surface area (Å²) in [4.78, 5) is 4.58. The average molecular weight is 443 g/mol. The van der Waals surface area contributed by atoms with Gasteiger partial charge in [0.15, 0.2) is 5.96 Å². The molecule has 0 aromatic rings. The predicted molar refractivity (Wildman–Crippen MR) is 109 cm³/mol. The van der Waals surface area contributed by atoms with Gasteiger partial charge in [-0.15, -0.1) is 24.0 Å². The van der Waals surface area contributed by atoms with Crippen molar-refractivity contribution in [2.45, 2.75) is 63.7 Å². The number of hydrogen-bond acceptors (Lipinski definition) is 3. The summed E-state index contributed by atoms with van der Waals surface area (Å²) in [6.07, 6.45) is 7.96. The minimum atomic E-state index is 0. The van der Waals surface area contributed by atoms with Crippen LogP contribution in [-0.4, -0.2) is 42.8 Å². The van der Waals surface area contributed by atoms with Gasteiger partial charge >= 0.3 is 0 Å². The van der Waals surface area contributed by atoms with Crippen molar-refractivity contribution in [2.24, 2.45) is 16.6 Å². The molecule has 1 atom stereocenters. The Labute approximate surface area is 157 Å². The first-order valence-electron chi connectivity index (χ1n) is 8.17. The Morgan fingerprint density at radius 1 is 1.27 bits per heavy atom. The third-order valence-electron chi connectivity index (χ3n) is 4.19. The van der Waals surface area contributed by atoms with Crippen molar-refractivity contribution in [3.8, 4) is 0 Å². The summed E-state index contributed by atoms with van der Waals surface area (Å²) in [6.45, 7) is 9.19. The fraction of sp³-hybridized carbons (Fsp3) is 0.938. The molecule has 1 aliphatic heterocycles. The quantitative estimate of drug-likeness (QED) is 0.342. The van der Waals surface area contributed by atoms with Gasteiger partial charge in [-0.2, -0.15) is 11.8 Å². The summed E-state index contributed by atoms with van der Waals surface area (Å²) in [5.41, 5.74) is 6.04. The summed E-state index contributed by atoms with van der Waals surface area (Å²) >= 11 is 1.90. The number of guanidine groups is 1. The van der Waals surface area contributed by atoms with E-state index in [1.807, 2.05) is 11.8 Å². The van der Waals surface area contributed by atoms with Crippen LogP contribution in [0.5, 0.6) is 0 Å². The number of aliphatic imine (C=N–C) groups is 1. The Bertz CT molecular complexity index is 321. The predicted octanol–water partition coefficient (Wildman–Crippen LogP) is 3.64. The number of nitrogens with two attached hydrogens (primary N) is 1. The third kappa shape index (κ3) is 8.82. The second-order valence-corrected chi connectivity index (χ2v) is 7.85. The number of halogens is 1. The number of thioether (sulfide) groups is 1. The Hall–Kier alpha value is 0.310. The van der Waals surface area contributed by atoms with E-state index in [1.54, 1.807) is 0 Å². The van der Waals surface area contributed by atoms with Gasteiger partial charge in [0, 0.05) is 24.0 Å². The normalized spacial score (nSPS) is 19.6. The maximum Gasteiger partial charge on any atom is 0.188 e. The molecule has 0 aromatic heterocycles.